The van der Waals surface area contributed by atoms with Crippen LogP contribution in [-0.4, -0.2) is 83.3 Å². The van der Waals surface area contributed by atoms with Crippen molar-refractivity contribution in [2.45, 2.75) is 77.2 Å². The van der Waals surface area contributed by atoms with Crippen molar-refractivity contribution in [3.8, 4) is 0 Å². The summed E-state index contributed by atoms with van der Waals surface area (Å²) >= 11 is 0. The average molecular weight is 578 g/mol. The quantitative estimate of drug-likeness (QED) is 0.314. The number of carbonyl (C=O) groups is 4. The lowest BCUT2D eigenvalue weighted by molar-refractivity contribution is -0.154. The Hall–Kier alpha value is -3.72. The van der Waals surface area contributed by atoms with E-state index >= 15 is 0 Å². The van der Waals surface area contributed by atoms with Crippen molar-refractivity contribution in [3.05, 3.63) is 71.8 Å². The summed E-state index contributed by atoms with van der Waals surface area (Å²) in [6, 6.07) is 17.9. The molecule has 2 unspecified atom stereocenters. The second kappa shape index (κ2) is 16.1. The molecule has 4 rings (SSSR count). The van der Waals surface area contributed by atoms with Gasteiger partial charge in [-0.2, -0.15) is 0 Å². The molecule has 226 valence electrons. The zero-order chi connectivity index (χ0) is 29.7. The summed E-state index contributed by atoms with van der Waals surface area (Å²) in [6.07, 6.45) is 4.19. The normalized spacial score (nSPS) is 18.3. The lowest BCUT2D eigenvalue weighted by Crippen LogP contribution is -2.44. The molecule has 2 fully saturated rings. The van der Waals surface area contributed by atoms with Crippen molar-refractivity contribution in [2.75, 3.05) is 32.7 Å². The maximum absolute atomic E-state index is 13.1. The van der Waals surface area contributed by atoms with Crippen LogP contribution in [0.1, 0.15) is 63.0 Å². The second-order valence-corrected chi connectivity index (χ2v) is 11.0. The minimum atomic E-state index is -0.545. The first kappa shape index (κ1) is 31.2. The van der Waals surface area contributed by atoms with Crippen LogP contribution in [0.25, 0.3) is 0 Å². The molecule has 2 aliphatic rings. The number of esters is 2. The lowest BCUT2D eigenvalue weighted by atomic mass is 10.2. The molecule has 2 aliphatic heterocycles. The van der Waals surface area contributed by atoms with E-state index in [-0.39, 0.29) is 49.8 Å². The molecular weight excluding hydrogens is 534 g/mol. The number of benzene rings is 2. The third kappa shape index (κ3) is 8.89. The van der Waals surface area contributed by atoms with Crippen LogP contribution in [0.4, 0.5) is 0 Å². The second-order valence-electron chi connectivity index (χ2n) is 11.0. The molecule has 0 N–H and O–H groups in total. The number of rotatable bonds is 14. The van der Waals surface area contributed by atoms with Gasteiger partial charge < -0.3 is 24.2 Å². The molecule has 2 aromatic carbocycles. The van der Waals surface area contributed by atoms with E-state index in [1.165, 1.54) is 0 Å². The first-order valence-electron chi connectivity index (χ1n) is 15.2. The molecule has 2 heterocycles. The Morgan fingerprint density at radius 3 is 1.52 bits per heavy atom. The van der Waals surface area contributed by atoms with E-state index in [2.05, 4.69) is 11.8 Å². The molecule has 0 bridgehead atoms. The highest BCUT2D eigenvalue weighted by molar-refractivity contribution is 5.86. The van der Waals surface area contributed by atoms with E-state index in [1.807, 2.05) is 60.7 Å². The van der Waals surface area contributed by atoms with Gasteiger partial charge in [-0.05, 0) is 49.8 Å². The number of carbonyl (C=O) groups excluding carboxylic acids is 4. The minimum absolute atomic E-state index is 0.0673. The Kier molecular flexibility index (Phi) is 11.9. The molecule has 0 spiro atoms. The summed E-state index contributed by atoms with van der Waals surface area (Å²) in [6.45, 7) is 5.31. The summed E-state index contributed by atoms with van der Waals surface area (Å²) in [4.78, 5) is 57.2. The molecule has 2 amide bonds. The SMILES string of the molecule is CCCN(CCC(=O)N1CCCC1C(=O)OCc1ccccc1)CCC(=O)N1CCCC1C(=O)OCc1ccccc1. The molecule has 0 aliphatic carbocycles. The van der Waals surface area contributed by atoms with E-state index in [9.17, 15) is 19.2 Å². The minimum Gasteiger partial charge on any atom is -0.459 e. The monoisotopic (exact) mass is 577 g/mol. The molecular formula is C33H43N3O6. The van der Waals surface area contributed by atoms with Gasteiger partial charge in [-0.15, -0.1) is 0 Å². The number of hydrogen-bond donors (Lipinski definition) is 0. The van der Waals surface area contributed by atoms with Crippen LogP contribution in [0.15, 0.2) is 60.7 Å². The molecule has 0 aromatic heterocycles. The van der Waals surface area contributed by atoms with Gasteiger partial charge >= 0.3 is 11.9 Å². The first-order valence-corrected chi connectivity index (χ1v) is 15.2. The van der Waals surface area contributed by atoms with Gasteiger partial charge in [-0.3, -0.25) is 9.59 Å². The Balaban J connectivity index is 1.22. The molecule has 9 heteroatoms. The van der Waals surface area contributed by atoms with Gasteiger partial charge in [0.25, 0.3) is 0 Å². The zero-order valence-electron chi connectivity index (χ0n) is 24.6. The van der Waals surface area contributed by atoms with Gasteiger partial charge in [-0.25, -0.2) is 9.59 Å². The molecule has 9 nitrogen and oxygen atoms in total. The fourth-order valence-corrected chi connectivity index (χ4v) is 5.72. The van der Waals surface area contributed by atoms with Gasteiger partial charge in [0.15, 0.2) is 0 Å². The number of amides is 2. The maximum Gasteiger partial charge on any atom is 0.329 e. The van der Waals surface area contributed by atoms with Crippen LogP contribution in [0.3, 0.4) is 0 Å². The predicted molar refractivity (Wildman–Crippen MR) is 158 cm³/mol. The van der Waals surface area contributed by atoms with E-state index in [1.54, 1.807) is 9.80 Å². The number of nitrogens with zero attached hydrogens (tertiary/aromatic N) is 3. The summed E-state index contributed by atoms with van der Waals surface area (Å²) in [5.74, 6) is -0.851. The number of likely N-dealkylation sites (tertiary alicyclic amines) is 2. The van der Waals surface area contributed by atoms with Crippen molar-refractivity contribution >= 4 is 23.8 Å². The summed E-state index contributed by atoms with van der Waals surface area (Å²) in [7, 11) is 0. The van der Waals surface area contributed by atoms with Crippen molar-refractivity contribution < 1.29 is 28.7 Å². The summed E-state index contributed by atoms with van der Waals surface area (Å²) < 4.78 is 11.0. The molecule has 2 saturated heterocycles. The number of hydrogen-bond acceptors (Lipinski definition) is 7. The average Bonchev–Trinajstić information content (AvgIpc) is 3.72. The third-order valence-electron chi connectivity index (χ3n) is 7.96. The van der Waals surface area contributed by atoms with Crippen LogP contribution in [0.5, 0.6) is 0 Å². The smallest absolute Gasteiger partial charge is 0.329 e. The predicted octanol–water partition coefficient (Wildman–Crippen LogP) is 3.95. The van der Waals surface area contributed by atoms with Gasteiger partial charge in [0.1, 0.15) is 25.3 Å². The Bertz CT molecular complexity index is 1090. The highest BCUT2D eigenvalue weighted by Crippen LogP contribution is 2.22. The topological polar surface area (TPSA) is 96.5 Å². The standard InChI is InChI=1S/C33H43N3O6/c1-2-19-34(22-17-30(37)35-20-9-15-28(35)32(39)41-24-26-11-5-3-6-12-26)23-18-31(38)36-21-10-16-29(36)33(40)42-25-27-13-7-4-8-14-27/h3-8,11-14,28-29H,2,9-10,15-25H2,1H3. The van der Waals surface area contributed by atoms with Crippen LogP contribution in [0.2, 0.25) is 0 Å². The van der Waals surface area contributed by atoms with Crippen LogP contribution >= 0.6 is 0 Å². The van der Waals surface area contributed by atoms with Gasteiger partial charge in [0.2, 0.25) is 11.8 Å². The first-order chi connectivity index (χ1) is 20.5. The van der Waals surface area contributed by atoms with E-state index in [4.69, 9.17) is 9.47 Å². The van der Waals surface area contributed by atoms with Crippen molar-refractivity contribution in [2.24, 2.45) is 0 Å². The third-order valence-corrected chi connectivity index (χ3v) is 7.96. The largest absolute Gasteiger partial charge is 0.459 e. The number of ether oxygens (including phenoxy) is 2. The van der Waals surface area contributed by atoms with E-state index in [0.717, 1.165) is 36.9 Å². The maximum atomic E-state index is 13.1. The Morgan fingerprint density at radius 1 is 0.690 bits per heavy atom. The highest BCUT2D eigenvalue weighted by Gasteiger charge is 2.36. The fourth-order valence-electron chi connectivity index (χ4n) is 5.72. The zero-order valence-corrected chi connectivity index (χ0v) is 24.6. The summed E-state index contributed by atoms with van der Waals surface area (Å²) in [5.41, 5.74) is 1.83. The van der Waals surface area contributed by atoms with Gasteiger partial charge in [0, 0.05) is 39.0 Å². The van der Waals surface area contributed by atoms with Crippen LogP contribution < -0.4 is 0 Å². The van der Waals surface area contributed by atoms with Gasteiger partial charge in [0.05, 0.1) is 0 Å². The van der Waals surface area contributed by atoms with Gasteiger partial charge in [-0.1, -0.05) is 67.6 Å². The lowest BCUT2D eigenvalue weighted by Gasteiger charge is -2.27. The van der Waals surface area contributed by atoms with E-state index in [0.29, 0.717) is 39.0 Å². The Labute approximate surface area is 248 Å². The Morgan fingerprint density at radius 2 is 1.12 bits per heavy atom. The van der Waals surface area contributed by atoms with Crippen molar-refractivity contribution in [3.63, 3.8) is 0 Å². The van der Waals surface area contributed by atoms with Crippen molar-refractivity contribution in [1.29, 1.82) is 0 Å². The highest BCUT2D eigenvalue weighted by atomic mass is 16.5. The molecule has 2 aromatic rings. The molecule has 42 heavy (non-hydrogen) atoms. The van der Waals surface area contributed by atoms with Crippen LogP contribution in [0, 0.1) is 0 Å². The van der Waals surface area contributed by atoms with Crippen LogP contribution in [-0.2, 0) is 41.9 Å². The van der Waals surface area contributed by atoms with E-state index < -0.39 is 12.1 Å². The van der Waals surface area contributed by atoms with Crippen molar-refractivity contribution in [1.82, 2.24) is 14.7 Å². The molecule has 0 saturated carbocycles. The molecule has 2 atom stereocenters. The fraction of sp³-hybridized carbons (Fsp3) is 0.515. The molecule has 0 radical (unpaired) electrons. The summed E-state index contributed by atoms with van der Waals surface area (Å²) in [5, 5.41) is 0.